The summed E-state index contributed by atoms with van der Waals surface area (Å²) in [6.45, 7) is 7.13. The number of alkyl carbamates (subject to hydrolysis) is 1. The Bertz CT molecular complexity index is 984. The van der Waals surface area contributed by atoms with Gasteiger partial charge < -0.3 is 24.6 Å². The molecule has 2 aliphatic rings. The number of fused-ring (bicyclic) bond motifs is 3. The molecule has 0 radical (unpaired) electrons. The molecule has 2 N–H and O–H groups in total. The Morgan fingerprint density at radius 1 is 0.970 bits per heavy atom. The predicted molar refractivity (Wildman–Crippen MR) is 123 cm³/mol. The molecule has 2 aromatic carbocycles. The van der Waals surface area contributed by atoms with E-state index in [1.54, 1.807) is 27.7 Å². The van der Waals surface area contributed by atoms with Gasteiger partial charge in [0.25, 0.3) is 0 Å². The minimum atomic E-state index is -1.02. The number of esters is 1. The van der Waals surface area contributed by atoms with Crippen LogP contribution in [0.5, 0.6) is 0 Å². The molecule has 1 aliphatic heterocycles. The number of carbonyl (C=O) groups is 2. The van der Waals surface area contributed by atoms with Crippen LogP contribution in [-0.4, -0.2) is 54.7 Å². The van der Waals surface area contributed by atoms with Crippen LogP contribution in [0, 0.1) is 5.41 Å². The van der Waals surface area contributed by atoms with Crippen LogP contribution in [0.4, 0.5) is 4.79 Å². The van der Waals surface area contributed by atoms with Gasteiger partial charge in [0.1, 0.15) is 25.4 Å². The van der Waals surface area contributed by atoms with Crippen LogP contribution >= 0.6 is 0 Å². The second-order valence-corrected chi connectivity index (χ2v) is 9.71. The SMILES string of the molecule is C[C@@H]1O[C@H](COC(=O)C(C)(C)C)C(O)C1NC(=O)OCC1c2ccccc2-c2ccccc21. The summed E-state index contributed by atoms with van der Waals surface area (Å²) in [5.41, 5.74) is 3.93. The Balaban J connectivity index is 1.34. The number of ether oxygens (including phenoxy) is 3. The van der Waals surface area contributed by atoms with E-state index in [2.05, 4.69) is 29.6 Å². The van der Waals surface area contributed by atoms with Gasteiger partial charge in [0, 0.05) is 5.92 Å². The van der Waals surface area contributed by atoms with Crippen LogP contribution < -0.4 is 5.32 Å². The summed E-state index contributed by atoms with van der Waals surface area (Å²) in [5, 5.41) is 13.4. The summed E-state index contributed by atoms with van der Waals surface area (Å²) >= 11 is 0. The Kier molecular flexibility index (Phi) is 6.45. The zero-order valence-electron chi connectivity index (χ0n) is 19.4. The van der Waals surface area contributed by atoms with Crippen LogP contribution in [0.3, 0.4) is 0 Å². The highest BCUT2D eigenvalue weighted by atomic mass is 16.6. The number of rotatable bonds is 5. The highest BCUT2D eigenvalue weighted by Gasteiger charge is 2.43. The summed E-state index contributed by atoms with van der Waals surface area (Å²) in [5.74, 6) is -0.422. The molecule has 1 saturated heterocycles. The lowest BCUT2D eigenvalue weighted by Gasteiger charge is -2.22. The molecule has 4 atom stereocenters. The Labute approximate surface area is 194 Å². The van der Waals surface area contributed by atoms with Crippen molar-refractivity contribution in [2.75, 3.05) is 13.2 Å². The molecule has 1 heterocycles. The monoisotopic (exact) mass is 453 g/mol. The molecule has 0 saturated carbocycles. The van der Waals surface area contributed by atoms with Gasteiger partial charge in [0.2, 0.25) is 0 Å². The minimum Gasteiger partial charge on any atom is -0.462 e. The van der Waals surface area contributed by atoms with E-state index < -0.39 is 35.9 Å². The van der Waals surface area contributed by atoms with Crippen molar-refractivity contribution in [1.82, 2.24) is 5.32 Å². The molecule has 0 aromatic heterocycles. The fraction of sp³-hybridized carbons (Fsp3) is 0.462. The van der Waals surface area contributed by atoms with Crippen molar-refractivity contribution in [2.24, 2.45) is 5.41 Å². The molecule has 0 bridgehead atoms. The molecule has 2 aromatic rings. The molecule has 1 aliphatic carbocycles. The van der Waals surface area contributed by atoms with Crippen molar-refractivity contribution in [3.63, 3.8) is 0 Å². The van der Waals surface area contributed by atoms with Gasteiger partial charge >= 0.3 is 12.1 Å². The normalized spacial score (nSPS) is 24.2. The van der Waals surface area contributed by atoms with Gasteiger partial charge in [-0.2, -0.15) is 0 Å². The zero-order chi connectivity index (χ0) is 23.8. The van der Waals surface area contributed by atoms with Gasteiger partial charge in [-0.05, 0) is 49.9 Å². The highest BCUT2D eigenvalue weighted by Crippen LogP contribution is 2.44. The standard InChI is InChI=1S/C26H31NO6/c1-15-22(23(28)21(33-15)14-31-24(29)26(2,3)4)27-25(30)32-13-20-18-11-7-5-9-16(18)17-10-6-8-12-19(17)20/h5-12,15,20-23,28H,13-14H2,1-4H3,(H,27,30)/t15-,21+,22?,23?/m0/s1. The van der Waals surface area contributed by atoms with E-state index in [-0.39, 0.29) is 25.1 Å². The van der Waals surface area contributed by atoms with Crippen molar-refractivity contribution < 1.29 is 28.9 Å². The number of hydrogen-bond donors (Lipinski definition) is 2. The third-order valence-corrected chi connectivity index (χ3v) is 6.26. The van der Waals surface area contributed by atoms with Gasteiger partial charge in [-0.1, -0.05) is 48.5 Å². The van der Waals surface area contributed by atoms with Crippen molar-refractivity contribution in [1.29, 1.82) is 0 Å². The number of aliphatic hydroxyl groups is 1. The molecule has 33 heavy (non-hydrogen) atoms. The van der Waals surface area contributed by atoms with Gasteiger partial charge in [-0.15, -0.1) is 0 Å². The van der Waals surface area contributed by atoms with E-state index in [9.17, 15) is 14.7 Å². The quantitative estimate of drug-likeness (QED) is 0.672. The Morgan fingerprint density at radius 3 is 2.12 bits per heavy atom. The van der Waals surface area contributed by atoms with E-state index in [1.165, 1.54) is 0 Å². The predicted octanol–water partition coefficient (Wildman–Crippen LogP) is 3.63. The maximum absolute atomic E-state index is 12.6. The summed E-state index contributed by atoms with van der Waals surface area (Å²) in [6.07, 6.45) is -2.82. The van der Waals surface area contributed by atoms with Crippen LogP contribution in [0.2, 0.25) is 0 Å². The van der Waals surface area contributed by atoms with E-state index in [0.717, 1.165) is 22.3 Å². The van der Waals surface area contributed by atoms with Crippen LogP contribution in [0.25, 0.3) is 11.1 Å². The van der Waals surface area contributed by atoms with E-state index in [1.807, 2.05) is 24.3 Å². The third kappa shape index (κ3) is 4.75. The van der Waals surface area contributed by atoms with Gasteiger partial charge in [-0.25, -0.2) is 4.79 Å². The average molecular weight is 454 g/mol. The number of nitrogens with one attached hydrogen (secondary N) is 1. The molecule has 176 valence electrons. The number of carbonyl (C=O) groups excluding carboxylic acids is 2. The highest BCUT2D eigenvalue weighted by molar-refractivity contribution is 5.79. The maximum atomic E-state index is 12.6. The maximum Gasteiger partial charge on any atom is 0.407 e. The first-order valence-corrected chi connectivity index (χ1v) is 11.3. The van der Waals surface area contributed by atoms with Crippen molar-refractivity contribution in [3.05, 3.63) is 59.7 Å². The van der Waals surface area contributed by atoms with Gasteiger partial charge in [0.15, 0.2) is 0 Å². The number of hydrogen-bond acceptors (Lipinski definition) is 6. The van der Waals surface area contributed by atoms with E-state index in [0.29, 0.717) is 0 Å². The van der Waals surface area contributed by atoms with E-state index in [4.69, 9.17) is 14.2 Å². The van der Waals surface area contributed by atoms with Crippen LogP contribution in [0.15, 0.2) is 48.5 Å². The van der Waals surface area contributed by atoms with E-state index >= 15 is 0 Å². The topological polar surface area (TPSA) is 94.1 Å². The molecule has 7 nitrogen and oxygen atoms in total. The molecular formula is C26H31NO6. The largest absolute Gasteiger partial charge is 0.462 e. The molecule has 7 heteroatoms. The first-order valence-electron chi connectivity index (χ1n) is 11.3. The first-order chi connectivity index (χ1) is 15.7. The number of amides is 1. The molecular weight excluding hydrogens is 422 g/mol. The summed E-state index contributed by atoms with van der Waals surface area (Å²) in [4.78, 5) is 24.6. The third-order valence-electron chi connectivity index (χ3n) is 6.26. The first kappa shape index (κ1) is 23.3. The average Bonchev–Trinajstić information content (AvgIpc) is 3.24. The van der Waals surface area contributed by atoms with Crippen molar-refractivity contribution in [2.45, 2.75) is 58.0 Å². The summed E-state index contributed by atoms with van der Waals surface area (Å²) in [6, 6.07) is 15.6. The summed E-state index contributed by atoms with van der Waals surface area (Å²) < 4.78 is 16.6. The minimum absolute atomic E-state index is 0.0464. The summed E-state index contributed by atoms with van der Waals surface area (Å²) in [7, 11) is 0. The van der Waals surface area contributed by atoms with Crippen molar-refractivity contribution in [3.8, 4) is 11.1 Å². The molecule has 1 fully saturated rings. The number of aliphatic hydroxyl groups excluding tert-OH is 1. The fourth-order valence-corrected chi connectivity index (χ4v) is 4.44. The molecule has 2 unspecified atom stereocenters. The van der Waals surface area contributed by atoms with Crippen LogP contribution in [0.1, 0.15) is 44.7 Å². The lowest BCUT2D eigenvalue weighted by atomic mass is 9.97. The molecule has 0 spiro atoms. The Morgan fingerprint density at radius 2 is 1.55 bits per heavy atom. The number of benzene rings is 2. The second kappa shape index (κ2) is 9.15. The smallest absolute Gasteiger partial charge is 0.407 e. The van der Waals surface area contributed by atoms with Crippen molar-refractivity contribution >= 4 is 12.1 Å². The van der Waals surface area contributed by atoms with Crippen LogP contribution in [-0.2, 0) is 19.0 Å². The van der Waals surface area contributed by atoms with Gasteiger partial charge in [-0.3, -0.25) is 4.79 Å². The molecule has 4 rings (SSSR count). The lowest BCUT2D eigenvalue weighted by molar-refractivity contribution is -0.158. The lowest BCUT2D eigenvalue weighted by Crippen LogP contribution is -2.48. The zero-order valence-corrected chi connectivity index (χ0v) is 19.4. The van der Waals surface area contributed by atoms with Gasteiger partial charge in [0.05, 0.1) is 17.6 Å². The fourth-order valence-electron chi connectivity index (χ4n) is 4.44. The molecule has 1 amide bonds. The Hall–Kier alpha value is -2.90. The second-order valence-electron chi connectivity index (χ2n) is 9.71.